The zero-order valence-electron chi connectivity index (χ0n) is 11.7. The first-order valence-corrected chi connectivity index (χ1v) is 5.94. The van der Waals surface area contributed by atoms with Crippen LogP contribution in [0, 0.1) is 5.41 Å². The first-order valence-electron chi connectivity index (χ1n) is 5.94. The number of nitrogens with zero attached hydrogens (tertiary/aromatic N) is 1. The fourth-order valence-corrected chi connectivity index (χ4v) is 2.11. The van der Waals surface area contributed by atoms with Crippen molar-refractivity contribution in [3.63, 3.8) is 0 Å². The zero-order chi connectivity index (χ0) is 13.3. The molecule has 0 amide bonds. The molecule has 0 aromatic heterocycles. The van der Waals surface area contributed by atoms with Crippen molar-refractivity contribution in [1.82, 2.24) is 0 Å². The maximum Gasteiger partial charge on any atom is 0.0918 e. The molecule has 1 aromatic carbocycles. The van der Waals surface area contributed by atoms with Crippen LogP contribution < -0.4 is 0 Å². The molecule has 0 aliphatic carbocycles. The molecule has 0 bridgehead atoms. The van der Waals surface area contributed by atoms with Crippen LogP contribution in [0.2, 0.25) is 0 Å². The number of nitrogens with one attached hydrogen (secondary N) is 1. The van der Waals surface area contributed by atoms with Crippen molar-refractivity contribution in [3.8, 4) is 0 Å². The van der Waals surface area contributed by atoms with E-state index in [9.17, 15) is 0 Å². The van der Waals surface area contributed by atoms with E-state index in [-0.39, 0.29) is 10.8 Å². The number of hydrogen-bond acceptors (Lipinski definition) is 2. The lowest BCUT2D eigenvalue weighted by Gasteiger charge is -2.31. The van der Waals surface area contributed by atoms with Gasteiger partial charge in [0.25, 0.3) is 0 Å². The highest BCUT2D eigenvalue weighted by atomic mass is 14.7. The second-order valence-corrected chi connectivity index (χ2v) is 6.42. The van der Waals surface area contributed by atoms with Crippen molar-refractivity contribution in [2.24, 2.45) is 4.99 Å². The quantitative estimate of drug-likeness (QED) is 0.681. The number of benzene rings is 1. The summed E-state index contributed by atoms with van der Waals surface area (Å²) in [5.41, 5.74) is 3.46. The highest BCUT2D eigenvalue weighted by Gasteiger charge is 2.27. The van der Waals surface area contributed by atoms with E-state index >= 15 is 0 Å². The number of hydrogen-bond donors (Lipinski definition) is 1. The second kappa shape index (κ2) is 4.46. The van der Waals surface area contributed by atoms with Gasteiger partial charge in [-0.1, -0.05) is 53.7 Å². The molecule has 0 aliphatic rings. The Labute approximate surface area is 104 Å². The molecule has 0 atom stereocenters. The summed E-state index contributed by atoms with van der Waals surface area (Å²) in [6, 6.07) is 8.27. The molecule has 0 radical (unpaired) electrons. The van der Waals surface area contributed by atoms with Gasteiger partial charge >= 0.3 is 0 Å². The monoisotopic (exact) mass is 230 g/mol. The van der Waals surface area contributed by atoms with Crippen molar-refractivity contribution in [2.45, 2.75) is 52.4 Å². The molecule has 1 N–H and O–H groups in total. The van der Waals surface area contributed by atoms with Crippen molar-refractivity contribution in [2.75, 3.05) is 0 Å². The molecular formula is C15H22N2. The Morgan fingerprint density at radius 2 is 1.59 bits per heavy atom. The third kappa shape index (κ3) is 3.04. The van der Waals surface area contributed by atoms with E-state index in [1.165, 1.54) is 11.1 Å². The standard InChI is InChI=1S/C15H22N2/c1-14(2,3)11-8-7-9-12(17-10-16)13(11)15(4,5)6/h7-9,16H,1-6H3. The van der Waals surface area contributed by atoms with Crippen LogP contribution in [0.15, 0.2) is 23.2 Å². The van der Waals surface area contributed by atoms with Crippen LogP contribution >= 0.6 is 0 Å². The molecular weight excluding hydrogens is 208 g/mol. The summed E-state index contributed by atoms with van der Waals surface area (Å²) in [6.45, 7) is 13.2. The van der Waals surface area contributed by atoms with Crippen LogP contribution in [0.4, 0.5) is 5.69 Å². The van der Waals surface area contributed by atoms with Crippen molar-refractivity contribution in [1.29, 1.82) is 5.41 Å². The minimum absolute atomic E-state index is 0.0134. The minimum Gasteiger partial charge on any atom is -0.241 e. The largest absolute Gasteiger partial charge is 0.241 e. The Bertz CT molecular complexity index is 453. The van der Waals surface area contributed by atoms with Gasteiger partial charge in [0, 0.05) is 0 Å². The van der Waals surface area contributed by atoms with Gasteiger partial charge < -0.3 is 0 Å². The summed E-state index contributed by atoms with van der Waals surface area (Å²) in [5.74, 6) is 0. The lowest BCUT2D eigenvalue weighted by molar-refractivity contribution is 0.531. The lowest BCUT2D eigenvalue weighted by atomic mass is 9.74. The summed E-state index contributed by atoms with van der Waals surface area (Å²) in [7, 11) is 0. The highest BCUT2D eigenvalue weighted by Crippen LogP contribution is 2.39. The maximum atomic E-state index is 7.05. The first kappa shape index (κ1) is 13.7. The van der Waals surface area contributed by atoms with Gasteiger partial charge in [0.2, 0.25) is 0 Å². The van der Waals surface area contributed by atoms with Crippen molar-refractivity contribution in [3.05, 3.63) is 29.3 Å². The lowest BCUT2D eigenvalue weighted by Crippen LogP contribution is -2.22. The number of aliphatic imine (C=N–C) groups is 1. The maximum absolute atomic E-state index is 7.05. The minimum atomic E-state index is 0.0134. The van der Waals surface area contributed by atoms with E-state index in [2.05, 4.69) is 58.6 Å². The van der Waals surface area contributed by atoms with E-state index in [1.807, 2.05) is 12.1 Å². The normalized spacial score (nSPS) is 12.1. The van der Waals surface area contributed by atoms with Crippen LogP contribution in [-0.4, -0.2) is 6.01 Å². The van der Waals surface area contributed by atoms with Gasteiger partial charge in [0.15, 0.2) is 0 Å². The summed E-state index contributed by atoms with van der Waals surface area (Å²) in [4.78, 5) is 4.06. The third-order valence-corrected chi connectivity index (χ3v) is 2.78. The Hall–Kier alpha value is -1.40. The predicted octanol–water partition coefficient (Wildman–Crippen LogP) is 4.67. The van der Waals surface area contributed by atoms with Gasteiger partial charge in [-0.05, 0) is 28.0 Å². The zero-order valence-corrected chi connectivity index (χ0v) is 11.7. The highest BCUT2D eigenvalue weighted by molar-refractivity contribution is 5.60. The Kier molecular flexibility index (Phi) is 3.59. The van der Waals surface area contributed by atoms with Gasteiger partial charge in [-0.2, -0.15) is 4.99 Å². The smallest absolute Gasteiger partial charge is 0.0918 e. The molecule has 0 fully saturated rings. The van der Waals surface area contributed by atoms with E-state index in [1.54, 1.807) is 0 Å². The van der Waals surface area contributed by atoms with E-state index in [4.69, 9.17) is 5.41 Å². The molecule has 2 heteroatoms. The molecule has 0 aliphatic heterocycles. The van der Waals surface area contributed by atoms with Gasteiger partial charge in [-0.25, -0.2) is 5.41 Å². The molecule has 0 saturated carbocycles. The summed E-state index contributed by atoms with van der Waals surface area (Å²) < 4.78 is 0. The Morgan fingerprint density at radius 1 is 1.00 bits per heavy atom. The Balaban J connectivity index is 3.63. The molecule has 92 valence electrons. The predicted molar refractivity (Wildman–Crippen MR) is 73.7 cm³/mol. The average Bonchev–Trinajstić information content (AvgIpc) is 2.14. The molecule has 2 nitrogen and oxygen atoms in total. The third-order valence-electron chi connectivity index (χ3n) is 2.78. The van der Waals surface area contributed by atoms with Crippen molar-refractivity contribution < 1.29 is 0 Å². The summed E-state index contributed by atoms with van der Waals surface area (Å²) in [6.07, 6.45) is 0. The summed E-state index contributed by atoms with van der Waals surface area (Å²) in [5, 5.41) is 7.05. The van der Waals surface area contributed by atoms with Crippen LogP contribution in [0.5, 0.6) is 0 Å². The van der Waals surface area contributed by atoms with Crippen LogP contribution in [-0.2, 0) is 10.8 Å². The first-order chi connectivity index (χ1) is 7.68. The number of rotatable bonds is 1. The Morgan fingerprint density at radius 3 is 2.00 bits per heavy atom. The average molecular weight is 230 g/mol. The molecule has 0 unspecified atom stereocenters. The van der Waals surface area contributed by atoms with Crippen LogP contribution in [0.3, 0.4) is 0 Å². The molecule has 1 aromatic rings. The van der Waals surface area contributed by atoms with Crippen LogP contribution in [0.25, 0.3) is 0 Å². The molecule has 1 rings (SSSR count). The van der Waals surface area contributed by atoms with Crippen LogP contribution in [0.1, 0.15) is 52.7 Å². The molecule has 0 heterocycles. The summed E-state index contributed by atoms with van der Waals surface area (Å²) >= 11 is 0. The fourth-order valence-electron chi connectivity index (χ4n) is 2.11. The van der Waals surface area contributed by atoms with Gasteiger partial charge in [0.05, 0.1) is 11.7 Å². The molecule has 17 heavy (non-hydrogen) atoms. The van der Waals surface area contributed by atoms with Gasteiger partial charge in [-0.3, -0.25) is 0 Å². The van der Waals surface area contributed by atoms with E-state index in [0.29, 0.717) is 0 Å². The topological polar surface area (TPSA) is 36.2 Å². The molecule has 0 spiro atoms. The van der Waals surface area contributed by atoms with E-state index < -0.39 is 0 Å². The van der Waals surface area contributed by atoms with E-state index in [0.717, 1.165) is 5.69 Å². The van der Waals surface area contributed by atoms with Gasteiger partial charge in [-0.15, -0.1) is 0 Å². The molecule has 0 saturated heterocycles. The van der Waals surface area contributed by atoms with Gasteiger partial charge in [0.1, 0.15) is 0 Å². The fraction of sp³-hybridized carbons (Fsp3) is 0.533. The van der Waals surface area contributed by atoms with Crippen molar-refractivity contribution >= 4 is 11.7 Å². The SMILES string of the molecule is CC(C)(C)c1cccc(N=C=N)c1C(C)(C)C. The second-order valence-electron chi connectivity index (χ2n) is 6.42.